The van der Waals surface area contributed by atoms with Crippen LogP contribution in [0.1, 0.15) is 41.5 Å². The minimum Gasteiger partial charge on any atom is -0.540 e. The molecule has 0 N–H and O–H groups in total. The van der Waals surface area contributed by atoms with Gasteiger partial charge in [-0.15, -0.1) is 0 Å². The van der Waals surface area contributed by atoms with Crippen LogP contribution in [0.4, 0.5) is 13.2 Å². The zero-order chi connectivity index (χ0) is 22.1. The molecular weight excluding hydrogens is 481 g/mol. The molecule has 0 aliphatic rings. The summed E-state index contributed by atoms with van der Waals surface area (Å²) >= 11 is 3.03. The molecule has 28 heavy (non-hydrogen) atoms. The van der Waals surface area contributed by atoms with E-state index in [4.69, 9.17) is 9.16 Å². The molecule has 5 nitrogen and oxygen atoms in total. The highest BCUT2D eigenvalue weighted by Crippen LogP contribution is 2.49. The Morgan fingerprint density at radius 2 is 1.43 bits per heavy atom. The van der Waals surface area contributed by atoms with Crippen molar-refractivity contribution in [3.8, 4) is 17.2 Å². The van der Waals surface area contributed by atoms with E-state index in [-0.39, 0.29) is 32.6 Å². The Morgan fingerprint density at radius 3 is 1.79 bits per heavy atom. The number of ether oxygens (including phenoxy) is 1. The third-order valence-corrected chi connectivity index (χ3v) is 12.3. The van der Waals surface area contributed by atoms with E-state index in [0.29, 0.717) is 0 Å². The molecule has 1 aromatic rings. The molecule has 0 atom stereocenters. The van der Waals surface area contributed by atoms with E-state index in [2.05, 4.69) is 20.1 Å². The van der Waals surface area contributed by atoms with Crippen molar-refractivity contribution < 1.29 is 34.9 Å². The van der Waals surface area contributed by atoms with Crippen LogP contribution in [-0.2, 0) is 10.1 Å². The van der Waals surface area contributed by atoms with E-state index in [9.17, 15) is 21.6 Å². The van der Waals surface area contributed by atoms with Crippen molar-refractivity contribution in [1.82, 2.24) is 0 Å². The van der Waals surface area contributed by atoms with Gasteiger partial charge in [-0.05, 0) is 44.7 Å². The maximum atomic E-state index is 12.8. The Kier molecular flexibility index (Phi) is 7.91. The van der Waals surface area contributed by atoms with Crippen LogP contribution in [0, 0.1) is 0 Å². The molecule has 11 heteroatoms. The molecule has 1 aromatic carbocycles. The van der Waals surface area contributed by atoms with Crippen molar-refractivity contribution in [2.75, 3.05) is 7.11 Å². The summed E-state index contributed by atoms with van der Waals surface area (Å²) in [6.07, 6.45) is 0. The van der Waals surface area contributed by atoms with E-state index in [1.54, 1.807) is 0 Å². The van der Waals surface area contributed by atoms with Gasteiger partial charge in [0, 0.05) is 0 Å². The summed E-state index contributed by atoms with van der Waals surface area (Å²) in [6.45, 7) is 12.3. The molecule has 0 aliphatic heterocycles. The zero-order valence-corrected chi connectivity index (χ0v) is 20.3. The Labute approximate surface area is 173 Å². The molecule has 0 radical (unpaired) electrons. The highest BCUT2D eigenvalue weighted by molar-refractivity contribution is 9.10. The van der Waals surface area contributed by atoms with Gasteiger partial charge in [-0.3, -0.25) is 0 Å². The van der Waals surface area contributed by atoms with Crippen LogP contribution in [0.5, 0.6) is 17.2 Å². The summed E-state index contributed by atoms with van der Waals surface area (Å²) < 4.78 is 77.4. The van der Waals surface area contributed by atoms with Crippen molar-refractivity contribution in [3.05, 3.63) is 16.6 Å². The maximum absolute atomic E-state index is 12.8. The predicted octanol–water partition coefficient (Wildman–Crippen LogP) is 6.24. The first-order valence-electron chi connectivity index (χ1n) is 8.68. The number of methoxy groups -OCH3 is 1. The maximum Gasteiger partial charge on any atom is 0.534 e. The Balaban J connectivity index is 3.60. The summed E-state index contributed by atoms with van der Waals surface area (Å²) in [5, 5.41) is 0. The quantitative estimate of drug-likeness (QED) is 0.237. The summed E-state index contributed by atoms with van der Waals surface area (Å²) in [5.74, 6) is -0.654. The van der Waals surface area contributed by atoms with Gasteiger partial charge in [0.2, 0.25) is 11.5 Å². The number of alkyl halides is 3. The highest BCUT2D eigenvalue weighted by Gasteiger charge is 2.50. The first-order valence-corrected chi connectivity index (χ1v) is 13.0. The van der Waals surface area contributed by atoms with E-state index in [1.165, 1.54) is 19.2 Å². The molecule has 0 bridgehead atoms. The molecular formula is C17H26BrF3O5SSi. The molecule has 0 amide bonds. The second-order valence-corrected chi connectivity index (χ2v) is 15.1. The third kappa shape index (κ3) is 4.78. The van der Waals surface area contributed by atoms with Crippen LogP contribution in [0.15, 0.2) is 16.6 Å². The summed E-state index contributed by atoms with van der Waals surface area (Å²) in [7, 11) is -7.13. The van der Waals surface area contributed by atoms with Gasteiger partial charge >= 0.3 is 15.6 Å². The second-order valence-electron chi connectivity index (χ2n) is 7.31. The molecule has 0 fully saturated rings. The van der Waals surface area contributed by atoms with Crippen molar-refractivity contribution in [3.63, 3.8) is 0 Å². The van der Waals surface area contributed by atoms with Gasteiger partial charge in [0.1, 0.15) is 0 Å². The molecule has 0 aromatic heterocycles. The van der Waals surface area contributed by atoms with E-state index < -0.39 is 29.7 Å². The lowest BCUT2D eigenvalue weighted by atomic mass is 10.3. The van der Waals surface area contributed by atoms with Gasteiger partial charge in [0.05, 0.1) is 11.6 Å². The van der Waals surface area contributed by atoms with Gasteiger partial charge < -0.3 is 13.3 Å². The fourth-order valence-electron chi connectivity index (χ4n) is 3.57. The number of hydrogen-bond donors (Lipinski definition) is 0. The minimum absolute atomic E-state index is 0.00423. The Morgan fingerprint density at radius 1 is 0.964 bits per heavy atom. The smallest absolute Gasteiger partial charge is 0.534 e. The van der Waals surface area contributed by atoms with Gasteiger partial charge in [0.15, 0.2) is 5.75 Å². The molecule has 1 rings (SSSR count). The van der Waals surface area contributed by atoms with Gasteiger partial charge in [-0.1, -0.05) is 41.5 Å². The van der Waals surface area contributed by atoms with Gasteiger partial charge in [-0.2, -0.15) is 21.6 Å². The number of hydrogen-bond acceptors (Lipinski definition) is 5. The fourth-order valence-corrected chi connectivity index (χ4v) is 9.80. The van der Waals surface area contributed by atoms with Crippen molar-refractivity contribution in [1.29, 1.82) is 0 Å². The van der Waals surface area contributed by atoms with Gasteiger partial charge in [-0.25, -0.2) is 0 Å². The van der Waals surface area contributed by atoms with Crippen LogP contribution < -0.4 is 13.3 Å². The van der Waals surface area contributed by atoms with E-state index >= 15 is 0 Å². The molecule has 162 valence electrons. The van der Waals surface area contributed by atoms with Crippen LogP contribution in [0.25, 0.3) is 0 Å². The van der Waals surface area contributed by atoms with Crippen LogP contribution in [0.3, 0.4) is 0 Å². The molecule has 0 spiro atoms. The zero-order valence-electron chi connectivity index (χ0n) is 16.8. The monoisotopic (exact) mass is 506 g/mol. The number of halogens is 4. The largest absolute Gasteiger partial charge is 0.540 e. The van der Waals surface area contributed by atoms with Gasteiger partial charge in [0.25, 0.3) is 8.32 Å². The van der Waals surface area contributed by atoms with Crippen LogP contribution >= 0.6 is 15.9 Å². The second kappa shape index (κ2) is 8.82. The minimum atomic E-state index is -5.87. The van der Waals surface area contributed by atoms with Crippen LogP contribution in [0.2, 0.25) is 16.6 Å². The third-order valence-electron chi connectivity index (χ3n) is 4.70. The average molecular weight is 507 g/mol. The lowest BCUT2D eigenvalue weighted by Crippen LogP contribution is -2.50. The van der Waals surface area contributed by atoms with Crippen LogP contribution in [-0.4, -0.2) is 29.4 Å². The van der Waals surface area contributed by atoms with E-state index in [0.717, 1.165) is 0 Å². The Bertz CT molecular complexity index is 773. The lowest BCUT2D eigenvalue weighted by Gasteiger charge is -2.42. The average Bonchev–Trinajstić information content (AvgIpc) is 2.52. The summed E-state index contributed by atoms with van der Waals surface area (Å²) in [4.78, 5) is 0. The summed E-state index contributed by atoms with van der Waals surface area (Å²) in [6, 6.07) is 2.91. The lowest BCUT2D eigenvalue weighted by molar-refractivity contribution is -0.0500. The Hall–Kier alpha value is -0.943. The fraction of sp³-hybridized carbons (Fsp3) is 0.647. The molecule has 0 unspecified atom stereocenters. The SMILES string of the molecule is COc1c(O[Si](C(C)C)(C(C)C)C(C)C)ccc(Br)c1OS(=O)(=O)C(F)(F)F. The van der Waals surface area contributed by atoms with Crippen molar-refractivity contribution in [2.45, 2.75) is 63.7 Å². The first-order chi connectivity index (χ1) is 12.6. The van der Waals surface area contributed by atoms with E-state index in [1.807, 2.05) is 41.5 Å². The number of rotatable bonds is 8. The van der Waals surface area contributed by atoms with Crippen molar-refractivity contribution in [2.24, 2.45) is 0 Å². The molecule has 0 aliphatic carbocycles. The molecule has 0 saturated heterocycles. The number of benzene rings is 1. The highest BCUT2D eigenvalue weighted by atomic mass is 79.9. The standard InChI is InChI=1S/C17H26BrF3O5SSi/c1-10(2)28(11(3)4,12(5)6)26-14-9-8-13(18)15(16(14)24-7)25-27(22,23)17(19,20)21/h8-12H,1-7H3. The summed E-state index contributed by atoms with van der Waals surface area (Å²) in [5.41, 5.74) is -5.02. The first kappa shape index (κ1) is 25.1. The molecule has 0 heterocycles. The predicted molar refractivity (Wildman–Crippen MR) is 108 cm³/mol. The normalized spacial score (nSPS) is 13.4. The topological polar surface area (TPSA) is 61.8 Å². The molecule has 0 saturated carbocycles. The van der Waals surface area contributed by atoms with Crippen molar-refractivity contribution >= 4 is 34.4 Å².